The Balaban J connectivity index is 0.00000560. The van der Waals surface area contributed by atoms with Crippen molar-refractivity contribution in [2.75, 3.05) is 59.6 Å². The lowest BCUT2D eigenvalue weighted by Gasteiger charge is -2.32. The first kappa shape index (κ1) is 33.4. The van der Waals surface area contributed by atoms with Crippen molar-refractivity contribution in [3.63, 3.8) is 0 Å². The molecule has 1 saturated heterocycles. The number of nitrogens with one attached hydrogen (secondary N) is 1. The number of likely N-dealkylation sites (N-methyl/N-ethyl adjacent to an activating group) is 1. The number of carbonyl (C=O) groups is 2. The number of rotatable bonds is 6. The van der Waals surface area contributed by atoms with Gasteiger partial charge in [-0.3, -0.25) is 9.59 Å². The van der Waals surface area contributed by atoms with Gasteiger partial charge in [0.05, 0.1) is 6.61 Å². The van der Waals surface area contributed by atoms with Crippen LogP contribution >= 0.6 is 12.4 Å². The number of aliphatic hydroxyl groups excluding tert-OH is 3. The van der Waals surface area contributed by atoms with Crippen LogP contribution in [0.15, 0.2) is 48.5 Å². The first-order valence-corrected chi connectivity index (χ1v) is 13.1. The zero-order valence-corrected chi connectivity index (χ0v) is 23.4. The molecule has 0 aliphatic carbocycles. The van der Waals surface area contributed by atoms with E-state index < -0.39 is 30.0 Å². The highest BCUT2D eigenvalue weighted by Crippen LogP contribution is 2.17. The molecule has 3 rings (SSSR count). The van der Waals surface area contributed by atoms with E-state index in [-0.39, 0.29) is 50.1 Å². The Kier molecular flexibility index (Phi) is 14.3. The Morgan fingerprint density at radius 3 is 2.40 bits per heavy atom. The van der Waals surface area contributed by atoms with Gasteiger partial charge in [-0.15, -0.1) is 12.4 Å². The van der Waals surface area contributed by atoms with Gasteiger partial charge in [-0.25, -0.2) is 4.39 Å². The molecule has 0 aromatic heterocycles. The van der Waals surface area contributed by atoms with Gasteiger partial charge < -0.3 is 39.9 Å². The van der Waals surface area contributed by atoms with E-state index in [9.17, 15) is 29.3 Å². The van der Waals surface area contributed by atoms with Crippen LogP contribution in [0.4, 0.5) is 4.39 Å². The van der Waals surface area contributed by atoms with Crippen LogP contribution in [0.2, 0.25) is 0 Å². The normalized spacial score (nSPS) is 21.2. The summed E-state index contributed by atoms with van der Waals surface area (Å²) in [5, 5.41) is 34.2. The predicted octanol–water partition coefficient (Wildman–Crippen LogP) is 1.32. The summed E-state index contributed by atoms with van der Waals surface area (Å²) in [7, 11) is 1.82. The molecular formula is C28H39ClFN3O7. The Bertz CT molecular complexity index is 1060. The molecule has 222 valence electrons. The maximum absolute atomic E-state index is 13.5. The molecule has 3 atom stereocenters. The Morgan fingerprint density at radius 1 is 0.975 bits per heavy atom. The molecule has 1 aliphatic heterocycles. The van der Waals surface area contributed by atoms with Crippen molar-refractivity contribution in [2.45, 2.75) is 31.2 Å². The van der Waals surface area contributed by atoms with Crippen molar-refractivity contribution < 1.29 is 38.8 Å². The average molecular weight is 584 g/mol. The molecule has 2 aromatic rings. The quantitative estimate of drug-likeness (QED) is 0.375. The molecule has 0 spiro atoms. The maximum Gasteiger partial charge on any atom is 0.254 e. The largest absolute Gasteiger partial charge is 0.492 e. The van der Waals surface area contributed by atoms with Crippen LogP contribution in [-0.4, -0.2) is 115 Å². The van der Waals surface area contributed by atoms with Crippen molar-refractivity contribution >= 4 is 24.2 Å². The highest BCUT2D eigenvalue weighted by atomic mass is 35.5. The minimum atomic E-state index is -1.56. The van der Waals surface area contributed by atoms with E-state index in [4.69, 9.17) is 9.47 Å². The number of amides is 2. The minimum absolute atomic E-state index is 0. The van der Waals surface area contributed by atoms with Crippen molar-refractivity contribution in [1.29, 1.82) is 0 Å². The zero-order chi connectivity index (χ0) is 28.2. The van der Waals surface area contributed by atoms with E-state index in [1.165, 1.54) is 17.0 Å². The van der Waals surface area contributed by atoms with Gasteiger partial charge in [-0.2, -0.15) is 0 Å². The topological polar surface area (TPSA) is 132 Å². The second-order valence-corrected chi connectivity index (χ2v) is 9.44. The predicted molar refractivity (Wildman–Crippen MR) is 149 cm³/mol. The molecule has 0 bridgehead atoms. The second kappa shape index (κ2) is 17.1. The van der Waals surface area contributed by atoms with E-state index in [0.29, 0.717) is 50.5 Å². The summed E-state index contributed by atoms with van der Waals surface area (Å²) < 4.78 is 24.6. The monoisotopic (exact) mass is 583 g/mol. The van der Waals surface area contributed by atoms with Gasteiger partial charge in [0.15, 0.2) is 0 Å². The van der Waals surface area contributed by atoms with Crippen LogP contribution in [0, 0.1) is 5.82 Å². The van der Waals surface area contributed by atoms with Crippen molar-refractivity contribution in [3.8, 4) is 5.75 Å². The van der Waals surface area contributed by atoms with Gasteiger partial charge >= 0.3 is 0 Å². The molecule has 10 nitrogen and oxygen atoms in total. The molecule has 2 amide bonds. The summed E-state index contributed by atoms with van der Waals surface area (Å²) in [5.41, 5.74) is 0.622. The number of ether oxygens (including phenoxy) is 2. The average Bonchev–Trinajstić information content (AvgIpc) is 2.94. The number of β-amino-alcohol motifs (C(OH)–C–C–N with tert-alkyl or cyclic N) is 1. The summed E-state index contributed by atoms with van der Waals surface area (Å²) in [4.78, 5) is 29.7. The fraction of sp³-hybridized carbons (Fsp3) is 0.500. The lowest BCUT2D eigenvalue weighted by atomic mass is 10.1. The molecule has 0 radical (unpaired) electrons. The van der Waals surface area contributed by atoms with Crippen LogP contribution in [-0.2, 0) is 4.74 Å². The van der Waals surface area contributed by atoms with E-state index in [0.717, 1.165) is 12.1 Å². The summed E-state index contributed by atoms with van der Waals surface area (Å²) in [6, 6.07) is 11.9. The van der Waals surface area contributed by atoms with Gasteiger partial charge in [-0.1, -0.05) is 6.07 Å². The van der Waals surface area contributed by atoms with Crippen LogP contribution in [0.3, 0.4) is 0 Å². The number of carbonyl (C=O) groups excluding carboxylic acids is 2. The van der Waals surface area contributed by atoms with Crippen molar-refractivity contribution in [1.82, 2.24) is 15.1 Å². The van der Waals surface area contributed by atoms with Gasteiger partial charge in [0.25, 0.3) is 11.8 Å². The van der Waals surface area contributed by atoms with Crippen molar-refractivity contribution in [3.05, 3.63) is 65.5 Å². The van der Waals surface area contributed by atoms with Crippen molar-refractivity contribution in [2.24, 2.45) is 0 Å². The molecule has 12 heteroatoms. The molecule has 0 saturated carbocycles. The third kappa shape index (κ3) is 9.99. The van der Waals surface area contributed by atoms with Gasteiger partial charge in [0, 0.05) is 50.5 Å². The van der Waals surface area contributed by atoms with E-state index in [1.807, 2.05) is 7.05 Å². The Morgan fingerprint density at radius 2 is 1.68 bits per heavy atom. The number of hydrogen-bond acceptors (Lipinski definition) is 8. The van der Waals surface area contributed by atoms with Gasteiger partial charge in [0.1, 0.15) is 36.5 Å². The molecule has 1 aliphatic rings. The lowest BCUT2D eigenvalue weighted by Crippen LogP contribution is -2.50. The number of benzene rings is 2. The molecule has 0 unspecified atom stereocenters. The molecule has 2 aromatic carbocycles. The highest BCUT2D eigenvalue weighted by Gasteiger charge is 2.29. The maximum atomic E-state index is 13.5. The Labute approximate surface area is 240 Å². The van der Waals surface area contributed by atoms with Crippen LogP contribution in [0.5, 0.6) is 5.75 Å². The van der Waals surface area contributed by atoms with Crippen LogP contribution in [0.25, 0.3) is 0 Å². The standard InChI is InChI=1S/C28H38FN3O7.ClH/c1-30-11-16-39-23-6-4-5-21(17-23)28(37)31-12-2-3-15-38-19-25(34)26(35)24(33)18-32(14-13-31)27(36)20-7-9-22(29)10-8-20;/h4-10,17,24-26,30,33-35H,2-3,11-16,18-19H2,1H3;1H/t24-,25+,26+;/m0./s1. The van der Waals surface area contributed by atoms with Crippen LogP contribution < -0.4 is 10.1 Å². The summed E-state index contributed by atoms with van der Waals surface area (Å²) in [5.74, 6) is -0.686. The molecule has 40 heavy (non-hydrogen) atoms. The number of halogens is 2. The third-order valence-electron chi connectivity index (χ3n) is 6.46. The fourth-order valence-corrected chi connectivity index (χ4v) is 4.18. The van der Waals surface area contributed by atoms with Gasteiger partial charge in [-0.05, 0) is 62.4 Å². The smallest absolute Gasteiger partial charge is 0.254 e. The second-order valence-electron chi connectivity index (χ2n) is 9.44. The SMILES string of the molecule is CNCCOc1cccc(C(=O)N2CCCCOC[C@@H](O)[C@H](O)[C@@H](O)CN(C(=O)c3ccc(F)cc3)CC2)c1.Cl. The first-order chi connectivity index (χ1) is 18.8. The van der Waals surface area contributed by atoms with E-state index in [1.54, 1.807) is 29.2 Å². The molecule has 1 heterocycles. The fourth-order valence-electron chi connectivity index (χ4n) is 4.18. The summed E-state index contributed by atoms with van der Waals surface area (Å²) in [6.45, 7) is 1.48. The van der Waals surface area contributed by atoms with E-state index in [2.05, 4.69) is 5.32 Å². The van der Waals surface area contributed by atoms with Gasteiger partial charge in [0.2, 0.25) is 0 Å². The Hall–Kier alpha value is -2.80. The first-order valence-electron chi connectivity index (χ1n) is 13.1. The molecular weight excluding hydrogens is 545 g/mol. The minimum Gasteiger partial charge on any atom is -0.492 e. The summed E-state index contributed by atoms with van der Waals surface area (Å²) >= 11 is 0. The number of aliphatic hydroxyl groups is 3. The third-order valence-corrected chi connectivity index (χ3v) is 6.46. The molecule has 4 N–H and O–H groups in total. The van der Waals surface area contributed by atoms with Crippen LogP contribution in [0.1, 0.15) is 33.6 Å². The highest BCUT2D eigenvalue weighted by molar-refractivity contribution is 5.95. The van der Waals surface area contributed by atoms with E-state index >= 15 is 0 Å². The zero-order valence-electron chi connectivity index (χ0n) is 22.6. The molecule has 1 fully saturated rings. The lowest BCUT2D eigenvalue weighted by molar-refractivity contribution is -0.0932. The number of nitrogens with zero attached hydrogens (tertiary/aromatic N) is 2. The number of hydrogen-bond donors (Lipinski definition) is 4. The summed E-state index contributed by atoms with van der Waals surface area (Å²) in [6.07, 6.45) is -3.17.